The van der Waals surface area contributed by atoms with Crippen LogP contribution in [0.1, 0.15) is 79.8 Å². The molecule has 1 aliphatic carbocycles. The minimum atomic E-state index is -2.48. The minimum absolute atomic E-state index is 0.0691. The van der Waals surface area contributed by atoms with Crippen molar-refractivity contribution in [3.8, 4) is 11.5 Å². The first kappa shape index (κ1) is 27.8. The summed E-state index contributed by atoms with van der Waals surface area (Å²) in [6, 6.07) is 1.75. The van der Waals surface area contributed by atoms with E-state index in [2.05, 4.69) is 60.0 Å². The molecule has 0 bridgehead atoms. The normalized spacial score (nSPS) is 13.9. The summed E-state index contributed by atoms with van der Waals surface area (Å²) in [5, 5.41) is 5.02. The lowest BCUT2D eigenvalue weighted by Crippen LogP contribution is -2.44. The first-order valence-corrected chi connectivity index (χ1v) is 15.3. The van der Waals surface area contributed by atoms with Crippen LogP contribution < -0.4 is 14.5 Å². The van der Waals surface area contributed by atoms with E-state index in [0.29, 0.717) is 16.9 Å². The van der Waals surface area contributed by atoms with E-state index < -0.39 is 20.3 Å². The third kappa shape index (κ3) is 4.92. The highest BCUT2D eigenvalue weighted by Crippen LogP contribution is 2.51. The SMILES string of the molecule is COC(=O)c1cc2c3c(c(NC(C)(C)C)c(OC)c2c(O[Si](C)(C)C(C)(C)C)c1C(=O)OC)CCC3. The first-order valence-electron chi connectivity index (χ1n) is 12.4. The molecule has 1 N–H and O–H groups in total. The lowest BCUT2D eigenvalue weighted by molar-refractivity contribution is 0.0553. The van der Waals surface area contributed by atoms with E-state index in [1.54, 1.807) is 13.2 Å². The van der Waals surface area contributed by atoms with Crippen molar-refractivity contribution in [2.24, 2.45) is 0 Å². The van der Waals surface area contributed by atoms with Crippen molar-refractivity contribution >= 4 is 36.7 Å². The van der Waals surface area contributed by atoms with Gasteiger partial charge >= 0.3 is 11.9 Å². The average Bonchev–Trinajstić information content (AvgIpc) is 3.26. The Morgan fingerprint density at radius 2 is 1.47 bits per heavy atom. The van der Waals surface area contributed by atoms with Gasteiger partial charge in [0.15, 0.2) is 5.75 Å². The molecule has 1 aliphatic rings. The number of anilines is 1. The van der Waals surface area contributed by atoms with Crippen LogP contribution in [0.3, 0.4) is 0 Å². The molecule has 198 valence electrons. The number of hydrogen-bond donors (Lipinski definition) is 1. The Labute approximate surface area is 216 Å². The Morgan fingerprint density at radius 1 is 0.889 bits per heavy atom. The molecule has 0 heterocycles. The number of benzene rings is 2. The number of carbonyl (C=O) groups excluding carboxylic acids is 2. The van der Waals surface area contributed by atoms with Gasteiger partial charge in [0.25, 0.3) is 8.32 Å². The molecule has 0 fully saturated rings. The van der Waals surface area contributed by atoms with Gasteiger partial charge in [-0.25, -0.2) is 9.59 Å². The summed E-state index contributed by atoms with van der Waals surface area (Å²) in [5.74, 6) is -0.329. The van der Waals surface area contributed by atoms with Crippen molar-refractivity contribution in [1.29, 1.82) is 0 Å². The van der Waals surface area contributed by atoms with E-state index in [1.165, 1.54) is 19.8 Å². The lowest BCUT2D eigenvalue weighted by Gasteiger charge is -2.38. The first-order chi connectivity index (χ1) is 16.6. The molecule has 3 rings (SSSR count). The Morgan fingerprint density at radius 3 is 1.97 bits per heavy atom. The van der Waals surface area contributed by atoms with Crippen LogP contribution in [0.4, 0.5) is 5.69 Å². The van der Waals surface area contributed by atoms with E-state index >= 15 is 0 Å². The topological polar surface area (TPSA) is 83.1 Å². The minimum Gasteiger partial charge on any atom is -0.542 e. The molecular weight excluding hydrogens is 474 g/mol. The summed E-state index contributed by atoms with van der Waals surface area (Å²) < 4.78 is 23.2. The molecule has 36 heavy (non-hydrogen) atoms. The van der Waals surface area contributed by atoms with Crippen LogP contribution in [0.2, 0.25) is 18.1 Å². The molecule has 0 unspecified atom stereocenters. The van der Waals surface area contributed by atoms with Crippen molar-refractivity contribution in [3.63, 3.8) is 0 Å². The van der Waals surface area contributed by atoms with Crippen LogP contribution in [-0.2, 0) is 22.3 Å². The summed E-state index contributed by atoms with van der Waals surface area (Å²) in [7, 11) is 1.76. The number of ether oxygens (including phenoxy) is 3. The Balaban J connectivity index is 2.61. The number of methoxy groups -OCH3 is 3. The highest BCUT2D eigenvalue weighted by Gasteiger charge is 2.42. The molecule has 0 amide bonds. The van der Waals surface area contributed by atoms with Crippen molar-refractivity contribution in [2.75, 3.05) is 26.6 Å². The second-order valence-corrected chi connectivity index (χ2v) is 16.7. The van der Waals surface area contributed by atoms with Gasteiger partial charge in [-0.15, -0.1) is 0 Å². The highest BCUT2D eigenvalue weighted by atomic mass is 28.4. The van der Waals surface area contributed by atoms with E-state index in [0.717, 1.165) is 35.9 Å². The molecule has 0 atom stereocenters. The number of esters is 2. The van der Waals surface area contributed by atoms with Crippen LogP contribution in [0.25, 0.3) is 10.8 Å². The quantitative estimate of drug-likeness (QED) is 0.347. The molecule has 0 aliphatic heterocycles. The maximum absolute atomic E-state index is 13.3. The fourth-order valence-electron chi connectivity index (χ4n) is 4.50. The molecule has 0 radical (unpaired) electrons. The second kappa shape index (κ2) is 9.61. The predicted octanol–water partition coefficient (Wildman–Crippen LogP) is 6.50. The third-order valence-electron chi connectivity index (χ3n) is 7.24. The van der Waals surface area contributed by atoms with Gasteiger partial charge in [0.2, 0.25) is 0 Å². The van der Waals surface area contributed by atoms with Crippen LogP contribution in [0, 0.1) is 0 Å². The number of hydrogen-bond acceptors (Lipinski definition) is 7. The smallest absolute Gasteiger partial charge is 0.342 e. The molecule has 0 aromatic heterocycles. The maximum Gasteiger partial charge on any atom is 0.342 e. The van der Waals surface area contributed by atoms with Gasteiger partial charge < -0.3 is 24.0 Å². The fourth-order valence-corrected chi connectivity index (χ4v) is 5.52. The molecule has 0 spiro atoms. The summed E-state index contributed by atoms with van der Waals surface area (Å²) >= 11 is 0. The Kier molecular flexibility index (Phi) is 7.43. The van der Waals surface area contributed by atoms with Crippen LogP contribution in [0.15, 0.2) is 6.07 Å². The van der Waals surface area contributed by atoms with Gasteiger partial charge in [-0.1, -0.05) is 20.8 Å². The van der Waals surface area contributed by atoms with Crippen molar-refractivity contribution in [3.05, 3.63) is 28.3 Å². The van der Waals surface area contributed by atoms with Crippen molar-refractivity contribution < 1.29 is 28.2 Å². The largest absolute Gasteiger partial charge is 0.542 e. The second-order valence-electron chi connectivity index (χ2n) is 12.0. The molecule has 2 aromatic carbocycles. The van der Waals surface area contributed by atoms with Crippen LogP contribution in [0.5, 0.6) is 11.5 Å². The summed E-state index contributed by atoms with van der Waals surface area (Å²) in [4.78, 5) is 26.3. The van der Waals surface area contributed by atoms with E-state index in [1.807, 2.05) is 0 Å². The van der Waals surface area contributed by atoms with Gasteiger partial charge in [0.1, 0.15) is 11.3 Å². The highest BCUT2D eigenvalue weighted by molar-refractivity contribution is 6.75. The Hall–Kier alpha value is -2.74. The summed E-state index contributed by atoms with van der Waals surface area (Å²) in [6.45, 7) is 16.9. The number of nitrogens with one attached hydrogen (secondary N) is 1. The molecule has 0 saturated heterocycles. The van der Waals surface area contributed by atoms with E-state index in [-0.39, 0.29) is 21.7 Å². The Bertz CT molecular complexity index is 1200. The fraction of sp³-hybridized carbons (Fsp3) is 0.571. The molecule has 7 nitrogen and oxygen atoms in total. The number of carbonyl (C=O) groups is 2. The number of fused-ring (bicyclic) bond motifs is 3. The monoisotopic (exact) mass is 515 g/mol. The standard InChI is InChI=1S/C28H41NO6Si/c1-27(2,3)29-22-17-14-12-13-16(17)18-15-19(25(30)33-8)21(26(31)34-9)23(20(18)24(22)32-7)35-36(10,11)28(4,5)6/h15,29H,12-14H2,1-11H3. The van der Waals surface area contributed by atoms with Crippen LogP contribution in [-0.4, -0.2) is 47.1 Å². The van der Waals surface area contributed by atoms with Gasteiger partial charge in [0, 0.05) is 5.54 Å². The van der Waals surface area contributed by atoms with E-state index in [4.69, 9.17) is 18.6 Å². The third-order valence-corrected chi connectivity index (χ3v) is 11.6. The van der Waals surface area contributed by atoms with Crippen LogP contribution >= 0.6 is 0 Å². The average molecular weight is 516 g/mol. The van der Waals surface area contributed by atoms with Crippen molar-refractivity contribution in [2.45, 2.75) is 84.5 Å². The molecule has 0 saturated carbocycles. The molecule has 8 heteroatoms. The lowest BCUT2D eigenvalue weighted by atomic mass is 9.91. The maximum atomic E-state index is 13.3. The zero-order valence-corrected chi connectivity index (χ0v) is 24.6. The van der Waals surface area contributed by atoms with Gasteiger partial charge in [-0.05, 0) is 80.7 Å². The predicted molar refractivity (Wildman–Crippen MR) is 146 cm³/mol. The van der Waals surface area contributed by atoms with Gasteiger partial charge in [-0.2, -0.15) is 0 Å². The molecular formula is C28H41NO6Si. The number of aryl methyl sites for hydroxylation is 1. The van der Waals surface area contributed by atoms with Gasteiger partial charge in [0.05, 0.1) is 38.0 Å². The molecule has 2 aromatic rings. The zero-order valence-electron chi connectivity index (χ0n) is 23.6. The summed E-state index contributed by atoms with van der Waals surface area (Å²) in [6.07, 6.45) is 2.73. The van der Waals surface area contributed by atoms with Crippen molar-refractivity contribution in [1.82, 2.24) is 0 Å². The van der Waals surface area contributed by atoms with Gasteiger partial charge in [-0.3, -0.25) is 0 Å². The number of rotatable bonds is 6. The zero-order chi connectivity index (χ0) is 27.2. The van der Waals surface area contributed by atoms with E-state index in [9.17, 15) is 9.59 Å². The summed E-state index contributed by atoms with van der Waals surface area (Å²) in [5.41, 5.74) is 3.20.